The summed E-state index contributed by atoms with van der Waals surface area (Å²) < 4.78 is 12.4. The predicted octanol–water partition coefficient (Wildman–Crippen LogP) is 4.71. The zero-order chi connectivity index (χ0) is 17.0. The molecule has 0 fully saturated rings. The van der Waals surface area contributed by atoms with E-state index in [4.69, 9.17) is 9.47 Å². The minimum absolute atomic E-state index is 0.166. The molecule has 0 unspecified atom stereocenters. The summed E-state index contributed by atoms with van der Waals surface area (Å²) in [6.45, 7) is 3.04. The van der Waals surface area contributed by atoms with E-state index in [1.54, 1.807) is 24.3 Å². The smallest absolute Gasteiger partial charge is 0.349 e. The first-order valence-corrected chi connectivity index (χ1v) is 8.36. The number of aryl methyl sites for hydroxylation is 1. The highest BCUT2D eigenvalue weighted by atomic mass is 79.9. The van der Waals surface area contributed by atoms with Crippen LogP contribution in [0.15, 0.2) is 45.3 Å². The Hall–Kier alpha value is -1.66. The van der Waals surface area contributed by atoms with Crippen molar-refractivity contribution < 1.29 is 19.1 Å². The molecule has 6 heteroatoms. The largest absolute Gasteiger partial charge is 0.480 e. The maximum atomic E-state index is 12.0. The van der Waals surface area contributed by atoms with Gasteiger partial charge < -0.3 is 9.47 Å². The number of halogens is 2. The fraction of sp³-hybridized carbons (Fsp3) is 0.176. The highest BCUT2D eigenvalue weighted by Crippen LogP contribution is 2.32. The molecule has 2 rings (SSSR count). The van der Waals surface area contributed by atoms with E-state index in [9.17, 15) is 9.59 Å². The third-order valence-electron chi connectivity index (χ3n) is 3.02. The van der Waals surface area contributed by atoms with Gasteiger partial charge in [-0.1, -0.05) is 28.1 Å². The second kappa shape index (κ2) is 7.75. The number of esters is 1. The van der Waals surface area contributed by atoms with Crippen LogP contribution in [0.3, 0.4) is 0 Å². The van der Waals surface area contributed by atoms with Crippen molar-refractivity contribution in [3.05, 3.63) is 56.5 Å². The van der Waals surface area contributed by atoms with Crippen LogP contribution in [0, 0.1) is 6.92 Å². The molecule has 0 N–H and O–H groups in total. The SMILES string of the molecule is CC(=O)c1ccccc1OC(=O)COc1c(C)cc(Br)cc1Br. The maximum Gasteiger partial charge on any atom is 0.349 e. The Labute approximate surface area is 151 Å². The van der Waals surface area contributed by atoms with Crippen molar-refractivity contribution in [3.63, 3.8) is 0 Å². The zero-order valence-electron chi connectivity index (χ0n) is 12.6. The van der Waals surface area contributed by atoms with E-state index in [0.29, 0.717) is 11.3 Å². The lowest BCUT2D eigenvalue weighted by Gasteiger charge is -2.12. The van der Waals surface area contributed by atoms with E-state index >= 15 is 0 Å². The van der Waals surface area contributed by atoms with Crippen LogP contribution in [0.4, 0.5) is 0 Å². The van der Waals surface area contributed by atoms with E-state index < -0.39 is 5.97 Å². The summed E-state index contributed by atoms with van der Waals surface area (Å²) >= 11 is 6.78. The minimum Gasteiger partial charge on any atom is -0.480 e. The number of para-hydroxylation sites is 1. The molecule has 23 heavy (non-hydrogen) atoms. The summed E-state index contributed by atoms with van der Waals surface area (Å²) in [6, 6.07) is 10.3. The highest BCUT2D eigenvalue weighted by molar-refractivity contribution is 9.11. The summed E-state index contributed by atoms with van der Waals surface area (Å²) in [5.74, 6) is 0.0685. The number of Topliss-reactive ketones (excluding diaryl/α,β-unsaturated/α-hetero) is 1. The van der Waals surface area contributed by atoms with Gasteiger partial charge in [0.2, 0.25) is 0 Å². The first-order chi connectivity index (χ1) is 10.9. The lowest BCUT2D eigenvalue weighted by Crippen LogP contribution is -2.19. The molecule has 0 amide bonds. The van der Waals surface area contributed by atoms with E-state index in [1.807, 2.05) is 19.1 Å². The fourth-order valence-electron chi connectivity index (χ4n) is 2.00. The molecule has 0 aliphatic heterocycles. The average Bonchev–Trinajstić information content (AvgIpc) is 2.46. The van der Waals surface area contributed by atoms with Gasteiger partial charge >= 0.3 is 5.97 Å². The van der Waals surface area contributed by atoms with E-state index in [0.717, 1.165) is 14.5 Å². The molecule has 2 aromatic carbocycles. The Balaban J connectivity index is 2.06. The molecule has 2 aromatic rings. The average molecular weight is 442 g/mol. The molecule has 0 saturated carbocycles. The maximum absolute atomic E-state index is 12.0. The van der Waals surface area contributed by atoms with Crippen molar-refractivity contribution in [2.24, 2.45) is 0 Å². The van der Waals surface area contributed by atoms with Crippen LogP contribution in [-0.2, 0) is 4.79 Å². The summed E-state index contributed by atoms with van der Waals surface area (Å²) in [6.07, 6.45) is 0. The van der Waals surface area contributed by atoms with Gasteiger partial charge in [0.05, 0.1) is 10.0 Å². The number of rotatable bonds is 5. The van der Waals surface area contributed by atoms with Gasteiger partial charge in [-0.2, -0.15) is 0 Å². The lowest BCUT2D eigenvalue weighted by molar-refractivity contribution is -0.136. The Kier molecular flexibility index (Phi) is 5.96. The van der Waals surface area contributed by atoms with Crippen LogP contribution in [0.2, 0.25) is 0 Å². The second-order valence-corrected chi connectivity index (χ2v) is 6.62. The minimum atomic E-state index is -0.576. The van der Waals surface area contributed by atoms with Crippen LogP contribution >= 0.6 is 31.9 Å². The predicted molar refractivity (Wildman–Crippen MR) is 94.2 cm³/mol. The summed E-state index contributed by atoms with van der Waals surface area (Å²) in [7, 11) is 0. The number of hydrogen-bond donors (Lipinski definition) is 0. The standard InChI is InChI=1S/C17H14Br2O4/c1-10-7-12(18)8-14(19)17(10)22-9-16(21)23-15-6-4-3-5-13(15)11(2)20/h3-8H,9H2,1-2H3. The topological polar surface area (TPSA) is 52.6 Å². The van der Waals surface area contributed by atoms with Gasteiger partial charge in [0.1, 0.15) is 11.5 Å². The Morgan fingerprint density at radius 1 is 1.13 bits per heavy atom. The van der Waals surface area contributed by atoms with Crippen molar-refractivity contribution in [1.29, 1.82) is 0 Å². The van der Waals surface area contributed by atoms with E-state index in [2.05, 4.69) is 31.9 Å². The van der Waals surface area contributed by atoms with Crippen LogP contribution in [0.1, 0.15) is 22.8 Å². The molecule has 0 atom stereocenters. The molecule has 0 bridgehead atoms. The van der Waals surface area contributed by atoms with E-state index in [1.165, 1.54) is 6.92 Å². The second-order valence-electron chi connectivity index (χ2n) is 4.85. The monoisotopic (exact) mass is 440 g/mol. The molecular weight excluding hydrogens is 428 g/mol. The van der Waals surface area contributed by atoms with Gasteiger partial charge in [0.25, 0.3) is 0 Å². The van der Waals surface area contributed by atoms with E-state index in [-0.39, 0.29) is 18.1 Å². The first kappa shape index (κ1) is 17.7. The van der Waals surface area contributed by atoms with Crippen LogP contribution < -0.4 is 9.47 Å². The third-order valence-corrected chi connectivity index (χ3v) is 4.07. The Morgan fingerprint density at radius 3 is 2.48 bits per heavy atom. The molecule has 120 valence electrons. The van der Waals surface area contributed by atoms with Gasteiger partial charge in [-0.05, 0) is 59.6 Å². The normalized spacial score (nSPS) is 10.3. The van der Waals surface area contributed by atoms with Crippen molar-refractivity contribution in [2.75, 3.05) is 6.61 Å². The Morgan fingerprint density at radius 2 is 1.83 bits per heavy atom. The molecule has 0 aromatic heterocycles. The summed E-state index contributed by atoms with van der Waals surface area (Å²) in [5.41, 5.74) is 1.24. The zero-order valence-corrected chi connectivity index (χ0v) is 15.7. The highest BCUT2D eigenvalue weighted by Gasteiger charge is 2.14. The van der Waals surface area contributed by atoms with Crippen molar-refractivity contribution in [1.82, 2.24) is 0 Å². The Bertz CT molecular complexity index is 733. The molecule has 0 saturated heterocycles. The first-order valence-electron chi connectivity index (χ1n) is 6.77. The molecule has 0 radical (unpaired) electrons. The lowest BCUT2D eigenvalue weighted by atomic mass is 10.1. The molecular formula is C17H14Br2O4. The number of ether oxygens (including phenoxy) is 2. The summed E-state index contributed by atoms with van der Waals surface area (Å²) in [5, 5.41) is 0. The quantitative estimate of drug-likeness (QED) is 0.383. The van der Waals surface area contributed by atoms with Crippen molar-refractivity contribution in [3.8, 4) is 11.5 Å². The van der Waals surface area contributed by atoms with Gasteiger partial charge in [0.15, 0.2) is 12.4 Å². The number of ketones is 1. The van der Waals surface area contributed by atoms with Gasteiger partial charge in [-0.15, -0.1) is 0 Å². The van der Waals surface area contributed by atoms with Crippen LogP contribution in [0.5, 0.6) is 11.5 Å². The van der Waals surface area contributed by atoms with Gasteiger partial charge in [-0.25, -0.2) is 4.79 Å². The third kappa shape index (κ3) is 4.65. The number of carbonyl (C=O) groups excluding carboxylic acids is 2. The number of carbonyl (C=O) groups is 2. The molecule has 4 nitrogen and oxygen atoms in total. The van der Waals surface area contributed by atoms with Crippen LogP contribution in [-0.4, -0.2) is 18.4 Å². The molecule has 0 aliphatic rings. The number of hydrogen-bond acceptors (Lipinski definition) is 4. The van der Waals surface area contributed by atoms with Crippen LogP contribution in [0.25, 0.3) is 0 Å². The number of benzene rings is 2. The van der Waals surface area contributed by atoms with Crippen molar-refractivity contribution in [2.45, 2.75) is 13.8 Å². The molecule has 0 aliphatic carbocycles. The van der Waals surface area contributed by atoms with Crippen molar-refractivity contribution >= 4 is 43.6 Å². The molecule has 0 heterocycles. The van der Waals surface area contributed by atoms with Gasteiger partial charge in [-0.3, -0.25) is 4.79 Å². The van der Waals surface area contributed by atoms with Gasteiger partial charge in [0, 0.05) is 4.47 Å². The summed E-state index contributed by atoms with van der Waals surface area (Å²) in [4.78, 5) is 23.5. The fourth-order valence-corrected chi connectivity index (χ4v) is 3.55. The molecule has 0 spiro atoms.